The van der Waals surface area contributed by atoms with E-state index in [1.165, 1.54) is 6.08 Å². The van der Waals surface area contributed by atoms with Crippen molar-refractivity contribution in [2.75, 3.05) is 6.61 Å². The fourth-order valence-corrected chi connectivity index (χ4v) is 3.38. The molecule has 7 heteroatoms. The standard InChI is InChI=1S/C21H26N2O5/c1-3-15(21-20(27)19(26)18(25)17(11-24)28-21)9-16-13(2)22-12-23(16)10-14-7-5-4-6-8-14/h3-9,12,17-21,24-27H,1,10-11H2,2H3/b15-9+/t17?,18-,19?,20-,21?/m1/s1. The second kappa shape index (κ2) is 8.81. The average molecular weight is 386 g/mol. The van der Waals surface area contributed by atoms with Gasteiger partial charge in [0, 0.05) is 6.54 Å². The summed E-state index contributed by atoms with van der Waals surface area (Å²) in [6.07, 6.45) is -1.02. The number of nitrogens with zero attached hydrogens (tertiary/aromatic N) is 2. The van der Waals surface area contributed by atoms with E-state index < -0.39 is 37.1 Å². The second-order valence-electron chi connectivity index (χ2n) is 6.93. The predicted molar refractivity (Wildman–Crippen MR) is 104 cm³/mol. The van der Waals surface area contributed by atoms with Crippen molar-refractivity contribution in [1.82, 2.24) is 9.55 Å². The third-order valence-corrected chi connectivity index (χ3v) is 5.03. The largest absolute Gasteiger partial charge is 0.394 e. The average Bonchev–Trinajstić information content (AvgIpc) is 3.05. The van der Waals surface area contributed by atoms with Gasteiger partial charge in [0.1, 0.15) is 30.5 Å². The molecule has 0 spiro atoms. The normalized spacial score (nSPS) is 28.3. The van der Waals surface area contributed by atoms with Crippen molar-refractivity contribution in [1.29, 1.82) is 0 Å². The lowest BCUT2D eigenvalue weighted by molar-refractivity contribution is -0.218. The maximum absolute atomic E-state index is 10.4. The maximum atomic E-state index is 10.4. The summed E-state index contributed by atoms with van der Waals surface area (Å²) in [7, 11) is 0. The quantitative estimate of drug-likeness (QED) is 0.543. The van der Waals surface area contributed by atoms with E-state index in [9.17, 15) is 20.4 Å². The van der Waals surface area contributed by atoms with Crippen LogP contribution in [0.5, 0.6) is 0 Å². The number of benzene rings is 1. The first kappa shape index (κ1) is 20.4. The molecule has 0 saturated carbocycles. The van der Waals surface area contributed by atoms with E-state index in [4.69, 9.17) is 4.74 Å². The van der Waals surface area contributed by atoms with E-state index in [2.05, 4.69) is 11.6 Å². The number of aromatic nitrogens is 2. The third kappa shape index (κ3) is 4.09. The van der Waals surface area contributed by atoms with Gasteiger partial charge in [0.25, 0.3) is 0 Å². The zero-order chi connectivity index (χ0) is 20.3. The molecule has 0 amide bonds. The smallest absolute Gasteiger partial charge is 0.113 e. The van der Waals surface area contributed by atoms with Crippen molar-refractivity contribution in [2.24, 2.45) is 0 Å². The highest BCUT2D eigenvalue weighted by atomic mass is 16.5. The molecule has 1 fully saturated rings. The van der Waals surface area contributed by atoms with Crippen molar-refractivity contribution >= 4 is 6.08 Å². The number of hydrogen-bond acceptors (Lipinski definition) is 6. The lowest BCUT2D eigenvalue weighted by atomic mass is 9.90. The van der Waals surface area contributed by atoms with Crippen LogP contribution in [0.1, 0.15) is 17.0 Å². The Labute approximate surface area is 163 Å². The highest BCUT2D eigenvalue weighted by Gasteiger charge is 2.44. The fourth-order valence-electron chi connectivity index (χ4n) is 3.38. The Morgan fingerprint density at radius 2 is 1.89 bits per heavy atom. The molecule has 5 atom stereocenters. The van der Waals surface area contributed by atoms with Crippen LogP contribution in [-0.2, 0) is 11.3 Å². The summed E-state index contributed by atoms with van der Waals surface area (Å²) < 4.78 is 7.62. The lowest BCUT2D eigenvalue weighted by Crippen LogP contribution is -2.58. The van der Waals surface area contributed by atoms with Gasteiger partial charge in [-0.25, -0.2) is 4.98 Å². The highest BCUT2D eigenvalue weighted by molar-refractivity contribution is 5.56. The van der Waals surface area contributed by atoms with Gasteiger partial charge in [-0.2, -0.15) is 0 Å². The number of imidazole rings is 1. The van der Waals surface area contributed by atoms with Crippen LogP contribution in [0.15, 0.2) is 54.9 Å². The van der Waals surface area contributed by atoms with Gasteiger partial charge in [0.2, 0.25) is 0 Å². The summed E-state index contributed by atoms with van der Waals surface area (Å²) in [6, 6.07) is 9.94. The van der Waals surface area contributed by atoms with Gasteiger partial charge in [0.15, 0.2) is 0 Å². The Morgan fingerprint density at radius 3 is 2.54 bits per heavy atom. The number of hydrogen-bond donors (Lipinski definition) is 4. The zero-order valence-electron chi connectivity index (χ0n) is 15.7. The van der Waals surface area contributed by atoms with E-state index in [0.29, 0.717) is 12.1 Å². The van der Waals surface area contributed by atoms with E-state index >= 15 is 0 Å². The van der Waals surface area contributed by atoms with Gasteiger partial charge < -0.3 is 29.7 Å². The van der Waals surface area contributed by atoms with Crippen LogP contribution in [0.4, 0.5) is 0 Å². The molecular weight excluding hydrogens is 360 g/mol. The lowest BCUT2D eigenvalue weighted by Gasteiger charge is -2.40. The molecule has 3 rings (SSSR count). The third-order valence-electron chi connectivity index (χ3n) is 5.03. The molecule has 1 aromatic carbocycles. The van der Waals surface area contributed by atoms with Crippen molar-refractivity contribution in [2.45, 2.75) is 44.0 Å². The Balaban J connectivity index is 1.93. The monoisotopic (exact) mass is 386 g/mol. The molecule has 28 heavy (non-hydrogen) atoms. The Hall–Kier alpha value is -2.29. The van der Waals surface area contributed by atoms with Gasteiger partial charge in [-0.1, -0.05) is 43.0 Å². The summed E-state index contributed by atoms with van der Waals surface area (Å²) in [4.78, 5) is 4.37. The van der Waals surface area contributed by atoms with Crippen LogP contribution >= 0.6 is 0 Å². The molecule has 150 valence electrons. The summed E-state index contributed by atoms with van der Waals surface area (Å²) in [5, 5.41) is 39.9. The minimum atomic E-state index is -1.44. The van der Waals surface area contributed by atoms with Crippen LogP contribution in [0.3, 0.4) is 0 Å². The molecule has 7 nitrogen and oxygen atoms in total. The Bertz CT molecular complexity index is 831. The summed E-state index contributed by atoms with van der Waals surface area (Å²) >= 11 is 0. The molecule has 0 aliphatic carbocycles. The molecule has 1 saturated heterocycles. The topological polar surface area (TPSA) is 108 Å². The van der Waals surface area contributed by atoms with E-state index in [1.54, 1.807) is 12.4 Å². The minimum absolute atomic E-state index is 0.475. The van der Waals surface area contributed by atoms with Gasteiger partial charge in [-0.3, -0.25) is 0 Å². The zero-order valence-corrected chi connectivity index (χ0v) is 15.7. The van der Waals surface area contributed by atoms with Crippen LogP contribution in [0.2, 0.25) is 0 Å². The fraction of sp³-hybridized carbons (Fsp3) is 0.381. The molecule has 1 aliphatic heterocycles. The number of aliphatic hydroxyl groups excluding tert-OH is 4. The number of rotatable bonds is 6. The molecule has 2 aromatic rings. The summed E-state index contributed by atoms with van der Waals surface area (Å²) in [5.74, 6) is 0. The van der Waals surface area contributed by atoms with E-state index in [-0.39, 0.29) is 0 Å². The molecule has 0 radical (unpaired) electrons. The molecule has 3 unspecified atom stereocenters. The summed E-state index contributed by atoms with van der Waals surface area (Å²) in [5.41, 5.74) is 3.24. The van der Waals surface area contributed by atoms with Gasteiger partial charge in [-0.05, 0) is 24.1 Å². The maximum Gasteiger partial charge on any atom is 0.113 e. The Morgan fingerprint density at radius 1 is 1.18 bits per heavy atom. The number of aryl methyl sites for hydroxylation is 1. The first-order chi connectivity index (χ1) is 13.5. The SMILES string of the molecule is C=C/C(=C\c1c(C)ncn1Cc1ccccc1)C1OC(CO)[C@@H](O)C(O)[C@H]1O. The van der Waals surface area contributed by atoms with Gasteiger partial charge >= 0.3 is 0 Å². The molecular formula is C21H26N2O5. The van der Waals surface area contributed by atoms with Crippen molar-refractivity contribution < 1.29 is 25.2 Å². The van der Waals surface area contributed by atoms with Crippen molar-refractivity contribution in [3.05, 3.63) is 71.8 Å². The molecule has 1 aliphatic rings. The van der Waals surface area contributed by atoms with Crippen LogP contribution < -0.4 is 0 Å². The van der Waals surface area contributed by atoms with E-state index in [1.807, 2.05) is 41.8 Å². The van der Waals surface area contributed by atoms with Crippen LogP contribution in [-0.4, -0.2) is 67.1 Å². The van der Waals surface area contributed by atoms with Crippen molar-refractivity contribution in [3.8, 4) is 0 Å². The van der Waals surface area contributed by atoms with Gasteiger partial charge in [0.05, 0.1) is 24.3 Å². The Kier molecular flexibility index (Phi) is 6.43. The van der Waals surface area contributed by atoms with Crippen LogP contribution in [0, 0.1) is 6.92 Å². The van der Waals surface area contributed by atoms with Crippen LogP contribution in [0.25, 0.3) is 6.08 Å². The van der Waals surface area contributed by atoms with E-state index in [0.717, 1.165) is 17.0 Å². The minimum Gasteiger partial charge on any atom is -0.394 e. The molecule has 2 heterocycles. The van der Waals surface area contributed by atoms with Gasteiger partial charge in [-0.15, -0.1) is 0 Å². The first-order valence-corrected chi connectivity index (χ1v) is 9.16. The number of aliphatic hydroxyl groups is 4. The second-order valence-corrected chi connectivity index (χ2v) is 6.93. The van der Waals surface area contributed by atoms with Crippen molar-refractivity contribution in [3.63, 3.8) is 0 Å². The molecule has 4 N–H and O–H groups in total. The highest BCUT2D eigenvalue weighted by Crippen LogP contribution is 2.28. The first-order valence-electron chi connectivity index (χ1n) is 9.16. The molecule has 0 bridgehead atoms. The molecule has 1 aromatic heterocycles. The number of ether oxygens (including phenoxy) is 1. The predicted octanol–water partition coefficient (Wildman–Crippen LogP) is 0.652. The summed E-state index contributed by atoms with van der Waals surface area (Å²) in [6.45, 7) is 5.81.